The van der Waals surface area contributed by atoms with E-state index < -0.39 is 18.5 Å². The van der Waals surface area contributed by atoms with E-state index in [1.54, 1.807) is 12.1 Å². The van der Waals surface area contributed by atoms with E-state index in [1.165, 1.54) is 19.2 Å². The van der Waals surface area contributed by atoms with Gasteiger partial charge in [0.05, 0.1) is 6.04 Å². The van der Waals surface area contributed by atoms with Crippen LogP contribution in [0.2, 0.25) is 5.02 Å². The predicted molar refractivity (Wildman–Crippen MR) is 89.1 cm³/mol. The first kappa shape index (κ1) is 17.7. The van der Waals surface area contributed by atoms with Gasteiger partial charge in [-0.2, -0.15) is 0 Å². The van der Waals surface area contributed by atoms with Crippen molar-refractivity contribution in [1.82, 2.24) is 10.3 Å². The minimum atomic E-state index is -0.697. The van der Waals surface area contributed by atoms with Crippen molar-refractivity contribution >= 4 is 29.3 Å². The monoisotopic (exact) mass is 348 g/mol. The lowest BCUT2D eigenvalue weighted by atomic mass is 10.1. The number of esters is 1. The first-order valence-electron chi connectivity index (χ1n) is 7.28. The number of ketones is 1. The van der Waals surface area contributed by atoms with Crippen molar-refractivity contribution in [2.24, 2.45) is 0 Å². The molecule has 2 aromatic rings. The second-order valence-electron chi connectivity index (χ2n) is 5.28. The number of hydrogen-bond acceptors (Lipinski definition) is 4. The second kappa shape index (κ2) is 7.79. The number of halogens is 1. The van der Waals surface area contributed by atoms with E-state index in [1.807, 2.05) is 19.1 Å². The van der Waals surface area contributed by atoms with E-state index in [9.17, 15) is 14.4 Å². The molecule has 0 saturated carbocycles. The summed E-state index contributed by atoms with van der Waals surface area (Å²) in [5.74, 6) is -1.29. The maximum Gasteiger partial charge on any atom is 0.355 e. The fourth-order valence-electron chi connectivity index (χ4n) is 2.04. The number of rotatable bonds is 6. The molecule has 1 aromatic carbocycles. The molecule has 0 fully saturated rings. The molecule has 1 heterocycles. The van der Waals surface area contributed by atoms with Crippen molar-refractivity contribution in [2.75, 3.05) is 6.61 Å². The predicted octanol–water partition coefficient (Wildman–Crippen LogP) is 2.90. The van der Waals surface area contributed by atoms with Crippen LogP contribution < -0.4 is 5.32 Å². The summed E-state index contributed by atoms with van der Waals surface area (Å²) in [4.78, 5) is 37.5. The summed E-state index contributed by atoms with van der Waals surface area (Å²) in [6, 6.07) is 8.22. The van der Waals surface area contributed by atoms with E-state index in [0.717, 1.165) is 5.56 Å². The molecule has 0 bridgehead atoms. The minimum absolute atomic E-state index is 0.124. The second-order valence-corrected chi connectivity index (χ2v) is 5.71. The number of aromatic amines is 1. The number of amides is 1. The molecule has 1 unspecified atom stereocenters. The lowest BCUT2D eigenvalue weighted by molar-refractivity contribution is -0.124. The Morgan fingerprint density at radius 2 is 1.92 bits per heavy atom. The summed E-state index contributed by atoms with van der Waals surface area (Å²) in [5, 5.41) is 3.34. The first-order chi connectivity index (χ1) is 11.4. The van der Waals surface area contributed by atoms with Gasteiger partial charge in [-0.25, -0.2) is 4.79 Å². The van der Waals surface area contributed by atoms with Crippen LogP contribution in [0.4, 0.5) is 0 Å². The number of hydrogen-bond donors (Lipinski definition) is 2. The van der Waals surface area contributed by atoms with Gasteiger partial charge in [0, 0.05) is 16.8 Å². The highest BCUT2D eigenvalue weighted by Crippen LogP contribution is 2.15. The molecule has 24 heavy (non-hydrogen) atoms. The molecule has 126 valence electrons. The van der Waals surface area contributed by atoms with Crippen LogP contribution in [0.25, 0.3) is 0 Å². The maximum absolute atomic E-state index is 11.9. The average Bonchev–Trinajstić information content (AvgIpc) is 3.03. The zero-order valence-electron chi connectivity index (χ0n) is 13.3. The molecule has 0 radical (unpaired) electrons. The number of benzene rings is 1. The molecule has 0 aliphatic heterocycles. The third-order valence-electron chi connectivity index (χ3n) is 3.39. The molecule has 1 atom stereocenters. The number of Topliss-reactive ketones (excluding diaryl/α,β-unsaturated/α-hetero) is 1. The van der Waals surface area contributed by atoms with Crippen LogP contribution in [0, 0.1) is 0 Å². The lowest BCUT2D eigenvalue weighted by Gasteiger charge is -2.14. The Balaban J connectivity index is 1.84. The van der Waals surface area contributed by atoms with Gasteiger partial charge in [-0.1, -0.05) is 23.7 Å². The molecular formula is C17H17ClN2O4. The summed E-state index contributed by atoms with van der Waals surface area (Å²) in [5.41, 5.74) is 1.39. The number of H-pyrrole nitrogens is 1. The Morgan fingerprint density at radius 1 is 1.25 bits per heavy atom. The van der Waals surface area contributed by atoms with Gasteiger partial charge in [0.2, 0.25) is 0 Å². The van der Waals surface area contributed by atoms with Gasteiger partial charge in [-0.15, -0.1) is 0 Å². The van der Waals surface area contributed by atoms with Gasteiger partial charge < -0.3 is 15.0 Å². The fourth-order valence-corrected chi connectivity index (χ4v) is 2.17. The molecule has 2 N–H and O–H groups in total. The minimum Gasteiger partial charge on any atom is -0.451 e. The average molecular weight is 349 g/mol. The van der Waals surface area contributed by atoms with E-state index in [-0.39, 0.29) is 17.5 Å². The number of aromatic nitrogens is 1. The van der Waals surface area contributed by atoms with Crippen LogP contribution in [0.3, 0.4) is 0 Å². The van der Waals surface area contributed by atoms with E-state index in [0.29, 0.717) is 10.6 Å². The number of nitrogens with one attached hydrogen (secondary N) is 2. The smallest absolute Gasteiger partial charge is 0.355 e. The number of carbonyl (C=O) groups is 3. The van der Waals surface area contributed by atoms with Gasteiger partial charge in [0.1, 0.15) is 5.69 Å². The summed E-state index contributed by atoms with van der Waals surface area (Å²) in [6.45, 7) is 2.79. The van der Waals surface area contributed by atoms with Crippen LogP contribution in [-0.2, 0) is 9.53 Å². The standard InChI is InChI=1S/C17H17ClN2O4/c1-10(12-3-5-14(18)6-4-12)20-16(22)9-24-17(23)15-7-13(8-19-15)11(2)21/h3-8,10,19H,9H2,1-2H3,(H,20,22). The Bertz CT molecular complexity index is 752. The number of carbonyl (C=O) groups excluding carboxylic acids is 3. The third kappa shape index (κ3) is 4.70. The molecule has 1 aromatic heterocycles. The van der Waals surface area contributed by atoms with E-state index in [2.05, 4.69) is 10.3 Å². The lowest BCUT2D eigenvalue weighted by Crippen LogP contribution is -2.31. The van der Waals surface area contributed by atoms with Crippen LogP contribution in [0.5, 0.6) is 0 Å². The quantitative estimate of drug-likeness (QED) is 0.620. The molecule has 0 aliphatic rings. The Morgan fingerprint density at radius 3 is 2.50 bits per heavy atom. The Labute approximate surface area is 144 Å². The van der Waals surface area contributed by atoms with Crippen LogP contribution in [0.15, 0.2) is 36.5 Å². The molecule has 7 heteroatoms. The molecule has 1 amide bonds. The topological polar surface area (TPSA) is 88.3 Å². The van der Waals surface area contributed by atoms with Gasteiger partial charge in [0.25, 0.3) is 5.91 Å². The van der Waals surface area contributed by atoms with Crippen molar-refractivity contribution in [2.45, 2.75) is 19.9 Å². The van der Waals surface area contributed by atoms with Gasteiger partial charge in [0.15, 0.2) is 12.4 Å². The van der Waals surface area contributed by atoms with E-state index in [4.69, 9.17) is 16.3 Å². The zero-order chi connectivity index (χ0) is 17.7. The molecule has 2 rings (SSSR count). The van der Waals surface area contributed by atoms with Crippen molar-refractivity contribution in [1.29, 1.82) is 0 Å². The highest BCUT2D eigenvalue weighted by atomic mass is 35.5. The Hall–Kier alpha value is -2.60. The highest BCUT2D eigenvalue weighted by molar-refractivity contribution is 6.30. The normalized spacial score (nSPS) is 11.6. The first-order valence-corrected chi connectivity index (χ1v) is 7.66. The van der Waals surface area contributed by atoms with Gasteiger partial charge >= 0.3 is 5.97 Å². The van der Waals surface area contributed by atoms with E-state index >= 15 is 0 Å². The molecule has 6 nitrogen and oxygen atoms in total. The number of ether oxygens (including phenoxy) is 1. The van der Waals surface area contributed by atoms with Gasteiger partial charge in [-0.3, -0.25) is 9.59 Å². The summed E-state index contributed by atoms with van der Waals surface area (Å²) >= 11 is 5.82. The Kier molecular flexibility index (Phi) is 5.76. The maximum atomic E-state index is 11.9. The van der Waals surface area contributed by atoms with Crippen molar-refractivity contribution in [3.63, 3.8) is 0 Å². The van der Waals surface area contributed by atoms with Crippen molar-refractivity contribution in [3.05, 3.63) is 58.4 Å². The summed E-state index contributed by atoms with van der Waals surface area (Å²) in [6.07, 6.45) is 1.42. The van der Waals surface area contributed by atoms with Crippen LogP contribution >= 0.6 is 11.6 Å². The van der Waals surface area contributed by atoms with Crippen LogP contribution in [0.1, 0.15) is 46.3 Å². The highest BCUT2D eigenvalue weighted by Gasteiger charge is 2.15. The summed E-state index contributed by atoms with van der Waals surface area (Å²) < 4.78 is 4.92. The van der Waals surface area contributed by atoms with Crippen molar-refractivity contribution < 1.29 is 19.1 Å². The molecule has 0 spiro atoms. The fraction of sp³-hybridized carbons (Fsp3) is 0.235. The largest absolute Gasteiger partial charge is 0.451 e. The SMILES string of the molecule is CC(=O)c1c[nH]c(C(=O)OCC(=O)NC(C)c2ccc(Cl)cc2)c1. The molecule has 0 aliphatic carbocycles. The van der Waals surface area contributed by atoms with Crippen molar-refractivity contribution in [3.8, 4) is 0 Å². The van der Waals surface area contributed by atoms with Crippen LogP contribution in [-0.4, -0.2) is 29.3 Å². The summed E-state index contributed by atoms with van der Waals surface area (Å²) in [7, 11) is 0. The van der Waals surface area contributed by atoms with Gasteiger partial charge in [-0.05, 0) is 37.6 Å². The molecular weight excluding hydrogens is 332 g/mol. The third-order valence-corrected chi connectivity index (χ3v) is 3.64. The zero-order valence-corrected chi connectivity index (χ0v) is 14.0. The molecule has 0 saturated heterocycles.